The van der Waals surface area contributed by atoms with E-state index in [1.165, 1.54) is 0 Å². The minimum Gasteiger partial charge on any atom is -0.345 e. The molecule has 1 aromatic rings. The van der Waals surface area contributed by atoms with E-state index in [1.54, 1.807) is 21.7 Å². The van der Waals surface area contributed by atoms with Gasteiger partial charge in [-0.25, -0.2) is 0 Å². The van der Waals surface area contributed by atoms with E-state index in [0.717, 1.165) is 12.8 Å². The van der Waals surface area contributed by atoms with Crippen molar-refractivity contribution in [2.45, 2.75) is 18.9 Å². The third-order valence-corrected chi connectivity index (χ3v) is 3.35. The molecule has 1 N–H and O–H groups in total. The summed E-state index contributed by atoms with van der Waals surface area (Å²) in [5.74, 6) is -0.0980. The summed E-state index contributed by atoms with van der Waals surface area (Å²) in [5.41, 5.74) is 1.21. The largest absolute Gasteiger partial charge is 0.345 e. The highest BCUT2D eigenvalue weighted by molar-refractivity contribution is 6.09. The van der Waals surface area contributed by atoms with Crippen LogP contribution in [0.1, 0.15) is 23.3 Å². The highest BCUT2D eigenvalue weighted by Crippen LogP contribution is 2.28. The normalized spacial score (nSPS) is 23.8. The lowest BCUT2D eigenvalue weighted by Gasteiger charge is -2.20. The molecule has 2 amide bonds. The maximum absolute atomic E-state index is 12.3. The summed E-state index contributed by atoms with van der Waals surface area (Å²) in [5, 5.41) is 2.82. The molecule has 0 saturated carbocycles. The Balaban J connectivity index is 2.13. The molecule has 1 saturated heterocycles. The van der Waals surface area contributed by atoms with Gasteiger partial charge in [0.25, 0.3) is 5.91 Å². The Bertz CT molecular complexity index is 478. The minimum atomic E-state index is -0.278. The predicted molar refractivity (Wildman–Crippen MR) is 58.1 cm³/mol. The van der Waals surface area contributed by atoms with E-state index in [4.69, 9.17) is 0 Å². The van der Waals surface area contributed by atoms with Gasteiger partial charge in [0.2, 0.25) is 5.91 Å². The van der Waals surface area contributed by atoms with Crippen molar-refractivity contribution in [3.63, 3.8) is 0 Å². The van der Waals surface area contributed by atoms with Crippen molar-refractivity contribution in [3.8, 4) is 0 Å². The van der Waals surface area contributed by atoms with Gasteiger partial charge in [0, 0.05) is 19.8 Å². The second kappa shape index (κ2) is 3.10. The molecule has 84 valence electrons. The molecule has 3 heterocycles. The smallest absolute Gasteiger partial charge is 0.273 e. The fourth-order valence-corrected chi connectivity index (χ4v) is 2.53. The summed E-state index contributed by atoms with van der Waals surface area (Å²) in [7, 11) is 1.82. The van der Waals surface area contributed by atoms with Crippen molar-refractivity contribution in [1.29, 1.82) is 0 Å². The van der Waals surface area contributed by atoms with Gasteiger partial charge in [0.1, 0.15) is 11.7 Å². The average Bonchev–Trinajstić information content (AvgIpc) is 2.82. The van der Waals surface area contributed by atoms with Crippen LogP contribution < -0.4 is 5.32 Å². The number of aryl methyl sites for hydroxylation is 1. The van der Waals surface area contributed by atoms with Crippen LogP contribution in [0.5, 0.6) is 0 Å². The minimum absolute atomic E-state index is 0.0386. The highest BCUT2D eigenvalue weighted by Gasteiger charge is 2.39. The number of carbonyl (C=O) groups is 2. The molecule has 1 aromatic heterocycles. The number of anilines is 1. The average molecular weight is 219 g/mol. The molecule has 5 nitrogen and oxygen atoms in total. The molecule has 16 heavy (non-hydrogen) atoms. The molecule has 0 aliphatic carbocycles. The lowest BCUT2D eigenvalue weighted by Crippen LogP contribution is -2.40. The highest BCUT2D eigenvalue weighted by atomic mass is 16.2. The summed E-state index contributed by atoms with van der Waals surface area (Å²) in [6.45, 7) is 0.682. The molecule has 0 aromatic carbocycles. The van der Waals surface area contributed by atoms with Gasteiger partial charge in [-0.05, 0) is 18.9 Å². The molecule has 1 fully saturated rings. The molecular weight excluding hydrogens is 206 g/mol. The van der Waals surface area contributed by atoms with Crippen LogP contribution in [0.4, 0.5) is 5.69 Å². The van der Waals surface area contributed by atoms with E-state index in [1.807, 2.05) is 7.05 Å². The van der Waals surface area contributed by atoms with Crippen LogP contribution >= 0.6 is 0 Å². The summed E-state index contributed by atoms with van der Waals surface area (Å²) in [6, 6.07) is 1.49. The molecule has 0 radical (unpaired) electrons. The van der Waals surface area contributed by atoms with E-state index >= 15 is 0 Å². The molecule has 5 heteroatoms. The second-order valence-electron chi connectivity index (χ2n) is 4.33. The Morgan fingerprint density at radius 1 is 1.44 bits per heavy atom. The SMILES string of the molecule is Cn1ccc2c1C(=O)N1CCC[C@H]1C(=O)N2. The number of hydrogen-bond donors (Lipinski definition) is 1. The molecule has 0 unspecified atom stereocenters. The van der Waals surface area contributed by atoms with Gasteiger partial charge in [-0.1, -0.05) is 0 Å². The third kappa shape index (κ3) is 1.11. The van der Waals surface area contributed by atoms with Crippen LogP contribution in [0.25, 0.3) is 0 Å². The zero-order valence-corrected chi connectivity index (χ0v) is 9.06. The van der Waals surface area contributed by atoms with E-state index in [-0.39, 0.29) is 17.9 Å². The van der Waals surface area contributed by atoms with Gasteiger partial charge >= 0.3 is 0 Å². The van der Waals surface area contributed by atoms with Gasteiger partial charge in [0.05, 0.1) is 5.69 Å². The number of hydrogen-bond acceptors (Lipinski definition) is 2. The van der Waals surface area contributed by atoms with Gasteiger partial charge in [-0.2, -0.15) is 0 Å². The molecule has 1 atom stereocenters. The number of nitrogens with one attached hydrogen (secondary N) is 1. The van der Waals surface area contributed by atoms with Crippen LogP contribution in [0.3, 0.4) is 0 Å². The van der Waals surface area contributed by atoms with Gasteiger partial charge in [0.15, 0.2) is 0 Å². The summed E-state index contributed by atoms with van der Waals surface area (Å²) < 4.78 is 1.76. The van der Waals surface area contributed by atoms with Crippen LogP contribution in [0.2, 0.25) is 0 Å². The van der Waals surface area contributed by atoms with E-state index < -0.39 is 0 Å². The maximum atomic E-state index is 12.3. The topological polar surface area (TPSA) is 54.3 Å². The fourth-order valence-electron chi connectivity index (χ4n) is 2.53. The van der Waals surface area contributed by atoms with Crippen LogP contribution in [-0.2, 0) is 11.8 Å². The first-order valence-corrected chi connectivity index (χ1v) is 5.45. The van der Waals surface area contributed by atoms with E-state index in [9.17, 15) is 9.59 Å². The van der Waals surface area contributed by atoms with Gasteiger partial charge in [-0.15, -0.1) is 0 Å². The number of rotatable bonds is 0. The Morgan fingerprint density at radius 3 is 3.06 bits per heavy atom. The van der Waals surface area contributed by atoms with Crippen LogP contribution in [0, 0.1) is 0 Å². The van der Waals surface area contributed by atoms with Crippen molar-refractivity contribution >= 4 is 17.5 Å². The molecule has 0 spiro atoms. The Kier molecular flexibility index (Phi) is 1.83. The molecule has 2 aliphatic heterocycles. The van der Waals surface area contributed by atoms with Crippen molar-refractivity contribution in [1.82, 2.24) is 9.47 Å². The standard InChI is InChI=1S/C11H13N3O2/c1-13-6-4-7-9(13)11(16)14-5-2-3-8(14)10(15)12-7/h4,6,8H,2-3,5H2,1H3,(H,12,15)/t8-/m0/s1. The lowest BCUT2D eigenvalue weighted by molar-refractivity contribution is -0.119. The number of nitrogens with zero attached hydrogens (tertiary/aromatic N) is 2. The first-order chi connectivity index (χ1) is 7.68. The first-order valence-electron chi connectivity index (χ1n) is 5.45. The van der Waals surface area contributed by atoms with E-state index in [0.29, 0.717) is 17.9 Å². The number of aromatic nitrogens is 1. The number of carbonyl (C=O) groups excluding carboxylic acids is 2. The van der Waals surface area contributed by atoms with E-state index in [2.05, 4.69) is 5.32 Å². The molecule has 0 bridgehead atoms. The Hall–Kier alpha value is -1.78. The Morgan fingerprint density at radius 2 is 2.25 bits per heavy atom. The second-order valence-corrected chi connectivity index (χ2v) is 4.33. The molecular formula is C11H13N3O2. The molecule has 2 aliphatic rings. The van der Waals surface area contributed by atoms with Gasteiger partial charge in [-0.3, -0.25) is 9.59 Å². The third-order valence-electron chi connectivity index (χ3n) is 3.35. The summed E-state index contributed by atoms with van der Waals surface area (Å²) >= 11 is 0. The quantitative estimate of drug-likeness (QED) is 0.694. The summed E-state index contributed by atoms with van der Waals surface area (Å²) in [6.07, 6.45) is 3.47. The summed E-state index contributed by atoms with van der Waals surface area (Å²) in [4.78, 5) is 25.8. The zero-order chi connectivity index (χ0) is 11.3. The Labute approximate surface area is 93.0 Å². The first kappa shape index (κ1) is 9.45. The lowest BCUT2D eigenvalue weighted by atomic mass is 10.2. The monoisotopic (exact) mass is 219 g/mol. The van der Waals surface area contributed by atoms with Crippen molar-refractivity contribution < 1.29 is 9.59 Å². The molecule has 3 rings (SSSR count). The predicted octanol–water partition coefficient (Wildman–Crippen LogP) is 0.582. The zero-order valence-electron chi connectivity index (χ0n) is 9.06. The fraction of sp³-hybridized carbons (Fsp3) is 0.455. The maximum Gasteiger partial charge on any atom is 0.273 e. The van der Waals surface area contributed by atoms with Crippen LogP contribution in [-0.4, -0.2) is 33.9 Å². The van der Waals surface area contributed by atoms with Crippen molar-refractivity contribution in [2.75, 3.05) is 11.9 Å². The van der Waals surface area contributed by atoms with Crippen molar-refractivity contribution in [2.24, 2.45) is 7.05 Å². The number of fused-ring (bicyclic) bond motifs is 2. The van der Waals surface area contributed by atoms with Crippen LogP contribution in [0.15, 0.2) is 12.3 Å². The van der Waals surface area contributed by atoms with Crippen molar-refractivity contribution in [3.05, 3.63) is 18.0 Å². The number of amides is 2. The van der Waals surface area contributed by atoms with Gasteiger partial charge < -0.3 is 14.8 Å².